The third-order valence-electron chi connectivity index (χ3n) is 5.33. The Balaban J connectivity index is 1.23. The van der Waals surface area contributed by atoms with Gasteiger partial charge in [-0.2, -0.15) is 18.2 Å². The Morgan fingerprint density at radius 2 is 1.82 bits per heavy atom. The molecule has 0 spiro atoms. The highest BCUT2D eigenvalue weighted by atomic mass is 19.4. The zero-order valence-corrected chi connectivity index (χ0v) is 17.8. The third-order valence-corrected chi connectivity index (χ3v) is 5.33. The standard InChI is InChI=1S/C22H23F3N6O2/c23-22(24,25)20-28-19(29-33-20)17-8-9-18(27-15-17)30-11-13-31(14-12-30)21(32)26-10-4-7-16-5-2-1-3-6-16/h1-3,5-6,8-9,15H,4,7,10-14H2,(H,26,32). The smallest absolute Gasteiger partial charge is 0.353 e. The van der Waals surface area contributed by atoms with Gasteiger partial charge in [0.1, 0.15) is 5.82 Å². The number of pyridine rings is 1. The maximum atomic E-state index is 12.6. The summed E-state index contributed by atoms with van der Waals surface area (Å²) in [5.74, 6) is -0.896. The van der Waals surface area contributed by atoms with Gasteiger partial charge in [0.05, 0.1) is 0 Å². The number of rotatable bonds is 6. The van der Waals surface area contributed by atoms with Crippen molar-refractivity contribution < 1.29 is 22.5 Å². The number of halogens is 3. The molecule has 8 nitrogen and oxygen atoms in total. The minimum absolute atomic E-state index is 0.0800. The first-order chi connectivity index (χ1) is 15.9. The number of aryl methyl sites for hydroxylation is 1. The van der Waals surface area contributed by atoms with Crippen molar-refractivity contribution in [2.24, 2.45) is 0 Å². The molecule has 0 saturated carbocycles. The van der Waals surface area contributed by atoms with E-state index in [1.807, 2.05) is 23.1 Å². The zero-order chi connectivity index (χ0) is 23.3. The van der Waals surface area contributed by atoms with Gasteiger partial charge in [0.15, 0.2) is 0 Å². The maximum Gasteiger partial charge on any atom is 0.471 e. The molecule has 1 aliphatic heterocycles. The number of hydrogen-bond donors (Lipinski definition) is 1. The molecule has 1 aliphatic rings. The Bertz CT molecular complexity index is 1050. The summed E-state index contributed by atoms with van der Waals surface area (Å²) in [6.07, 6.45) is -1.49. The second-order valence-electron chi connectivity index (χ2n) is 7.62. The van der Waals surface area contributed by atoms with E-state index < -0.39 is 12.1 Å². The lowest BCUT2D eigenvalue weighted by atomic mass is 10.1. The molecular formula is C22H23F3N6O2. The summed E-state index contributed by atoms with van der Waals surface area (Å²) < 4.78 is 42.1. The van der Waals surface area contributed by atoms with Gasteiger partial charge in [0.2, 0.25) is 5.82 Å². The number of nitrogens with zero attached hydrogens (tertiary/aromatic N) is 5. The Morgan fingerprint density at radius 3 is 2.45 bits per heavy atom. The highest BCUT2D eigenvalue weighted by Gasteiger charge is 2.38. The molecule has 0 unspecified atom stereocenters. The van der Waals surface area contributed by atoms with Gasteiger partial charge in [-0.15, -0.1) is 0 Å². The lowest BCUT2D eigenvalue weighted by molar-refractivity contribution is -0.159. The summed E-state index contributed by atoms with van der Waals surface area (Å²) in [5.41, 5.74) is 1.57. The fourth-order valence-electron chi connectivity index (χ4n) is 3.54. The number of benzene rings is 1. The lowest BCUT2D eigenvalue weighted by Gasteiger charge is -2.35. The first kappa shape index (κ1) is 22.6. The number of aromatic nitrogens is 3. The van der Waals surface area contributed by atoms with Crippen molar-refractivity contribution in [2.45, 2.75) is 19.0 Å². The van der Waals surface area contributed by atoms with Gasteiger partial charge in [-0.1, -0.05) is 35.5 Å². The van der Waals surface area contributed by atoms with Crippen molar-refractivity contribution in [1.29, 1.82) is 0 Å². The first-order valence-corrected chi connectivity index (χ1v) is 10.6. The molecule has 11 heteroatoms. The topological polar surface area (TPSA) is 87.4 Å². The fourth-order valence-corrected chi connectivity index (χ4v) is 3.54. The lowest BCUT2D eigenvalue weighted by Crippen LogP contribution is -2.52. The van der Waals surface area contributed by atoms with Crippen molar-refractivity contribution in [3.8, 4) is 11.4 Å². The second kappa shape index (κ2) is 9.88. The Labute approximate surface area is 188 Å². The van der Waals surface area contributed by atoms with Crippen molar-refractivity contribution in [3.05, 3.63) is 60.1 Å². The summed E-state index contributed by atoms with van der Waals surface area (Å²) in [6.45, 7) is 2.92. The number of anilines is 1. The molecule has 174 valence electrons. The van der Waals surface area contributed by atoms with Crippen LogP contribution < -0.4 is 10.2 Å². The number of piperazine rings is 1. The molecule has 3 heterocycles. The van der Waals surface area contributed by atoms with Crippen LogP contribution in [0.1, 0.15) is 17.9 Å². The minimum atomic E-state index is -4.69. The number of carbonyl (C=O) groups excluding carboxylic acids is 1. The highest BCUT2D eigenvalue weighted by Crippen LogP contribution is 2.29. The van der Waals surface area contributed by atoms with Gasteiger partial charge in [-0.25, -0.2) is 9.78 Å². The van der Waals surface area contributed by atoms with E-state index in [1.54, 1.807) is 17.0 Å². The summed E-state index contributed by atoms with van der Waals surface area (Å²) in [4.78, 5) is 23.9. The minimum Gasteiger partial charge on any atom is -0.353 e. The van der Waals surface area contributed by atoms with E-state index in [9.17, 15) is 18.0 Å². The molecule has 1 aromatic carbocycles. The van der Waals surface area contributed by atoms with E-state index in [0.29, 0.717) is 44.1 Å². The number of hydrogen-bond acceptors (Lipinski definition) is 6. The van der Waals surface area contributed by atoms with E-state index in [-0.39, 0.29) is 11.9 Å². The van der Waals surface area contributed by atoms with E-state index in [0.717, 1.165) is 12.8 Å². The van der Waals surface area contributed by atoms with Gasteiger partial charge in [0.25, 0.3) is 0 Å². The van der Waals surface area contributed by atoms with Crippen LogP contribution in [0.15, 0.2) is 53.2 Å². The molecule has 3 aromatic rings. The van der Waals surface area contributed by atoms with E-state index in [4.69, 9.17) is 0 Å². The average Bonchev–Trinajstić information content (AvgIpc) is 3.34. The molecule has 33 heavy (non-hydrogen) atoms. The summed E-state index contributed by atoms with van der Waals surface area (Å²) in [6, 6.07) is 13.3. The Kier molecular flexibility index (Phi) is 6.76. The van der Waals surface area contributed by atoms with Gasteiger partial charge < -0.3 is 19.6 Å². The number of alkyl halides is 3. The van der Waals surface area contributed by atoms with Crippen molar-refractivity contribution in [1.82, 2.24) is 25.3 Å². The Morgan fingerprint density at radius 1 is 1.06 bits per heavy atom. The largest absolute Gasteiger partial charge is 0.471 e. The van der Waals surface area contributed by atoms with Crippen LogP contribution in [0.2, 0.25) is 0 Å². The number of urea groups is 1. The van der Waals surface area contributed by atoms with Crippen LogP contribution >= 0.6 is 0 Å². The van der Waals surface area contributed by atoms with Crippen LogP contribution in [-0.4, -0.2) is 58.8 Å². The number of nitrogens with one attached hydrogen (secondary N) is 1. The van der Waals surface area contributed by atoms with Crippen LogP contribution in [0.5, 0.6) is 0 Å². The molecule has 1 N–H and O–H groups in total. The third kappa shape index (κ3) is 5.79. The second-order valence-corrected chi connectivity index (χ2v) is 7.62. The summed E-state index contributed by atoms with van der Waals surface area (Å²) >= 11 is 0. The van der Waals surface area contributed by atoms with Crippen LogP contribution in [-0.2, 0) is 12.6 Å². The van der Waals surface area contributed by atoms with Crippen LogP contribution in [0.4, 0.5) is 23.8 Å². The van der Waals surface area contributed by atoms with E-state index in [2.05, 4.69) is 37.1 Å². The number of carbonyl (C=O) groups is 1. The summed E-state index contributed by atoms with van der Waals surface area (Å²) in [5, 5.41) is 6.33. The zero-order valence-electron chi connectivity index (χ0n) is 17.8. The van der Waals surface area contributed by atoms with Crippen molar-refractivity contribution in [3.63, 3.8) is 0 Å². The SMILES string of the molecule is O=C(NCCCc1ccccc1)N1CCN(c2ccc(-c3noc(C(F)(F)F)n3)cn2)CC1. The predicted molar refractivity (Wildman–Crippen MR) is 114 cm³/mol. The molecule has 0 aliphatic carbocycles. The van der Waals surface area contributed by atoms with Crippen molar-refractivity contribution >= 4 is 11.8 Å². The highest BCUT2D eigenvalue weighted by molar-refractivity contribution is 5.74. The average molecular weight is 460 g/mol. The Hall–Kier alpha value is -3.63. The maximum absolute atomic E-state index is 12.6. The van der Waals surface area contributed by atoms with Crippen molar-refractivity contribution in [2.75, 3.05) is 37.6 Å². The van der Waals surface area contributed by atoms with Crippen LogP contribution in [0.25, 0.3) is 11.4 Å². The van der Waals surface area contributed by atoms with Gasteiger partial charge in [0, 0.05) is 44.5 Å². The monoisotopic (exact) mass is 460 g/mol. The predicted octanol–water partition coefficient (Wildman–Crippen LogP) is 3.61. The first-order valence-electron chi connectivity index (χ1n) is 10.6. The fraction of sp³-hybridized carbons (Fsp3) is 0.364. The van der Waals surface area contributed by atoms with E-state index in [1.165, 1.54) is 11.8 Å². The van der Waals surface area contributed by atoms with Gasteiger partial charge in [-0.3, -0.25) is 0 Å². The quantitative estimate of drug-likeness (QED) is 0.566. The van der Waals surface area contributed by atoms with Gasteiger partial charge >= 0.3 is 18.1 Å². The molecule has 1 saturated heterocycles. The molecule has 2 amide bonds. The molecule has 0 radical (unpaired) electrons. The van der Waals surface area contributed by atoms with Gasteiger partial charge in [-0.05, 0) is 30.5 Å². The molecule has 2 aromatic heterocycles. The van der Waals surface area contributed by atoms with Crippen LogP contribution in [0.3, 0.4) is 0 Å². The molecule has 4 rings (SSSR count). The normalized spacial score (nSPS) is 14.4. The molecule has 0 atom stereocenters. The molecule has 1 fully saturated rings. The van der Waals surface area contributed by atoms with Crippen LogP contribution in [0, 0.1) is 0 Å². The molecule has 0 bridgehead atoms. The molecular weight excluding hydrogens is 437 g/mol. The number of amides is 2. The van der Waals surface area contributed by atoms with E-state index >= 15 is 0 Å². The summed E-state index contributed by atoms with van der Waals surface area (Å²) in [7, 11) is 0.